The largest absolute Gasteiger partial charge is 0.465 e. The van der Waals surface area contributed by atoms with E-state index in [1.807, 2.05) is 0 Å². The molecule has 3 N–H and O–H groups in total. The van der Waals surface area contributed by atoms with E-state index in [2.05, 4.69) is 10.1 Å². The van der Waals surface area contributed by atoms with Crippen molar-refractivity contribution in [1.82, 2.24) is 0 Å². The molecule has 0 bridgehead atoms. The quantitative estimate of drug-likeness (QED) is 0.831. The average Bonchev–Trinajstić information content (AvgIpc) is 2.86. The molecule has 1 heterocycles. The lowest BCUT2D eigenvalue weighted by molar-refractivity contribution is -0.120. The maximum atomic E-state index is 12.1. The van der Waals surface area contributed by atoms with Crippen molar-refractivity contribution in [2.75, 3.05) is 12.4 Å². The van der Waals surface area contributed by atoms with Gasteiger partial charge in [0, 0.05) is 12.0 Å². The number of esters is 1. The Morgan fingerprint density at radius 2 is 2.05 bits per heavy atom. The van der Waals surface area contributed by atoms with Crippen molar-refractivity contribution in [2.24, 2.45) is 11.7 Å². The van der Waals surface area contributed by atoms with Crippen LogP contribution in [0.3, 0.4) is 0 Å². The van der Waals surface area contributed by atoms with Gasteiger partial charge in [-0.15, -0.1) is 11.3 Å². The minimum absolute atomic E-state index is 0.00908. The fourth-order valence-corrected chi connectivity index (χ4v) is 3.04. The second-order valence-electron chi connectivity index (χ2n) is 4.76. The summed E-state index contributed by atoms with van der Waals surface area (Å²) >= 11 is 1.26. The number of rotatable bonds is 3. The van der Waals surface area contributed by atoms with E-state index in [4.69, 9.17) is 5.73 Å². The van der Waals surface area contributed by atoms with E-state index >= 15 is 0 Å². The van der Waals surface area contributed by atoms with Crippen molar-refractivity contribution in [3.63, 3.8) is 0 Å². The molecule has 2 rings (SSSR count). The molecule has 5 nitrogen and oxygen atoms in total. The van der Waals surface area contributed by atoms with Gasteiger partial charge in [-0.1, -0.05) is 0 Å². The Morgan fingerprint density at radius 3 is 2.68 bits per heavy atom. The summed E-state index contributed by atoms with van der Waals surface area (Å²) in [5, 5.41) is 4.58. The van der Waals surface area contributed by atoms with Gasteiger partial charge in [-0.25, -0.2) is 4.79 Å². The van der Waals surface area contributed by atoms with Gasteiger partial charge >= 0.3 is 5.97 Å². The number of carbonyl (C=O) groups is 2. The third kappa shape index (κ3) is 3.33. The highest BCUT2D eigenvalue weighted by Crippen LogP contribution is 2.27. The molecule has 0 radical (unpaired) electrons. The van der Waals surface area contributed by atoms with E-state index in [1.54, 1.807) is 11.4 Å². The summed E-state index contributed by atoms with van der Waals surface area (Å²) < 4.78 is 4.68. The lowest BCUT2D eigenvalue weighted by atomic mass is 9.86. The number of hydrogen-bond acceptors (Lipinski definition) is 5. The van der Waals surface area contributed by atoms with Crippen LogP contribution in [0.2, 0.25) is 0 Å². The fraction of sp³-hybridized carbons (Fsp3) is 0.538. The van der Waals surface area contributed by atoms with Crippen LogP contribution in [0.4, 0.5) is 5.69 Å². The molecule has 0 saturated heterocycles. The van der Waals surface area contributed by atoms with E-state index in [-0.39, 0.29) is 17.9 Å². The summed E-state index contributed by atoms with van der Waals surface area (Å²) in [6, 6.07) is 1.94. The summed E-state index contributed by atoms with van der Waals surface area (Å²) in [6.07, 6.45) is 3.38. The Labute approximate surface area is 116 Å². The second-order valence-corrected chi connectivity index (χ2v) is 5.67. The number of thiophene rings is 1. The second kappa shape index (κ2) is 6.16. The summed E-state index contributed by atoms with van der Waals surface area (Å²) in [7, 11) is 1.33. The van der Waals surface area contributed by atoms with Gasteiger partial charge in [-0.2, -0.15) is 0 Å². The molecule has 0 unspecified atom stereocenters. The number of anilines is 1. The molecule has 0 atom stereocenters. The van der Waals surface area contributed by atoms with E-state index in [1.165, 1.54) is 18.4 Å². The van der Waals surface area contributed by atoms with Gasteiger partial charge in [-0.05, 0) is 37.1 Å². The van der Waals surface area contributed by atoms with Crippen molar-refractivity contribution in [3.8, 4) is 0 Å². The van der Waals surface area contributed by atoms with Gasteiger partial charge in [0.05, 0.1) is 12.8 Å². The summed E-state index contributed by atoms with van der Waals surface area (Å²) in [6.45, 7) is 0. The average molecular weight is 282 g/mol. The van der Waals surface area contributed by atoms with Crippen molar-refractivity contribution in [2.45, 2.75) is 31.7 Å². The first-order valence-corrected chi connectivity index (χ1v) is 7.22. The highest BCUT2D eigenvalue weighted by atomic mass is 32.1. The molecule has 0 spiro atoms. The van der Waals surface area contributed by atoms with E-state index < -0.39 is 5.97 Å². The van der Waals surface area contributed by atoms with Gasteiger partial charge in [0.25, 0.3) is 0 Å². The molecule has 1 aromatic heterocycles. The molecule has 1 saturated carbocycles. The predicted octanol–water partition coefficient (Wildman–Crippen LogP) is 1.99. The fourth-order valence-electron chi connectivity index (χ4n) is 2.27. The van der Waals surface area contributed by atoms with Crippen molar-refractivity contribution >= 4 is 28.9 Å². The van der Waals surface area contributed by atoms with Crippen molar-refractivity contribution in [3.05, 3.63) is 16.3 Å². The van der Waals surface area contributed by atoms with Crippen LogP contribution in [0.1, 0.15) is 35.4 Å². The molecule has 104 valence electrons. The normalized spacial score (nSPS) is 22.8. The molecular weight excluding hydrogens is 264 g/mol. The van der Waals surface area contributed by atoms with Crippen LogP contribution in [0, 0.1) is 5.92 Å². The van der Waals surface area contributed by atoms with Gasteiger partial charge in [0.1, 0.15) is 4.88 Å². The lowest BCUT2D eigenvalue weighted by Crippen LogP contribution is -2.32. The maximum absolute atomic E-state index is 12.1. The Bertz CT molecular complexity index is 464. The van der Waals surface area contributed by atoms with Crippen LogP contribution in [0.5, 0.6) is 0 Å². The Hall–Kier alpha value is -1.40. The number of amides is 1. The van der Waals surface area contributed by atoms with Gasteiger partial charge in [0.15, 0.2) is 0 Å². The zero-order valence-corrected chi connectivity index (χ0v) is 11.7. The van der Waals surface area contributed by atoms with E-state index in [9.17, 15) is 9.59 Å². The topological polar surface area (TPSA) is 81.4 Å². The minimum atomic E-state index is -0.420. The molecule has 0 aromatic carbocycles. The van der Waals surface area contributed by atoms with E-state index in [0.29, 0.717) is 10.6 Å². The summed E-state index contributed by atoms with van der Waals surface area (Å²) in [5.41, 5.74) is 6.36. The van der Waals surface area contributed by atoms with Crippen molar-refractivity contribution < 1.29 is 14.3 Å². The highest BCUT2D eigenvalue weighted by Gasteiger charge is 2.26. The summed E-state index contributed by atoms with van der Waals surface area (Å²) in [5.74, 6) is -0.461. The third-order valence-corrected chi connectivity index (χ3v) is 4.33. The zero-order chi connectivity index (χ0) is 13.8. The SMILES string of the molecule is COC(=O)c1sccc1NC(=O)C1CCC(N)CC1. The molecular formula is C13H18N2O3S. The lowest BCUT2D eigenvalue weighted by Gasteiger charge is -2.25. The van der Waals surface area contributed by atoms with Crippen LogP contribution < -0.4 is 11.1 Å². The number of nitrogens with two attached hydrogens (primary N) is 1. The third-order valence-electron chi connectivity index (χ3n) is 3.44. The molecule has 1 amide bonds. The standard InChI is InChI=1S/C13H18N2O3S/c1-18-13(17)11-10(6-7-19-11)15-12(16)8-2-4-9(14)5-3-8/h6-9H,2-5,14H2,1H3,(H,15,16). The van der Waals surface area contributed by atoms with Crippen LogP contribution in [-0.4, -0.2) is 25.0 Å². The van der Waals surface area contributed by atoms with E-state index in [0.717, 1.165) is 25.7 Å². The first-order valence-electron chi connectivity index (χ1n) is 6.34. The molecule has 6 heteroatoms. The molecule has 1 aromatic rings. The zero-order valence-electron chi connectivity index (χ0n) is 10.8. The Morgan fingerprint density at radius 1 is 1.37 bits per heavy atom. The number of nitrogens with one attached hydrogen (secondary N) is 1. The molecule has 0 aliphatic heterocycles. The van der Waals surface area contributed by atoms with Crippen LogP contribution >= 0.6 is 11.3 Å². The monoisotopic (exact) mass is 282 g/mol. The predicted molar refractivity (Wildman–Crippen MR) is 74.2 cm³/mol. The molecule has 1 aliphatic carbocycles. The number of carbonyl (C=O) groups excluding carboxylic acids is 2. The van der Waals surface area contributed by atoms with Crippen molar-refractivity contribution in [1.29, 1.82) is 0 Å². The number of ether oxygens (including phenoxy) is 1. The molecule has 1 aliphatic rings. The van der Waals surface area contributed by atoms with Gasteiger partial charge in [0.2, 0.25) is 5.91 Å². The highest BCUT2D eigenvalue weighted by molar-refractivity contribution is 7.12. The van der Waals surface area contributed by atoms with Crippen LogP contribution in [-0.2, 0) is 9.53 Å². The maximum Gasteiger partial charge on any atom is 0.350 e. The first kappa shape index (κ1) is 14.0. The van der Waals surface area contributed by atoms with Crippen LogP contribution in [0.15, 0.2) is 11.4 Å². The minimum Gasteiger partial charge on any atom is -0.465 e. The number of hydrogen-bond donors (Lipinski definition) is 2. The Kier molecular flexibility index (Phi) is 4.55. The summed E-state index contributed by atoms with van der Waals surface area (Å²) in [4.78, 5) is 24.1. The first-order chi connectivity index (χ1) is 9.11. The molecule has 19 heavy (non-hydrogen) atoms. The van der Waals surface area contributed by atoms with Gasteiger partial charge in [-0.3, -0.25) is 4.79 Å². The van der Waals surface area contributed by atoms with Gasteiger partial charge < -0.3 is 15.8 Å². The molecule has 1 fully saturated rings. The number of methoxy groups -OCH3 is 1. The smallest absolute Gasteiger partial charge is 0.350 e. The Balaban J connectivity index is 1.99. The van der Waals surface area contributed by atoms with Crippen LogP contribution in [0.25, 0.3) is 0 Å².